The zero-order chi connectivity index (χ0) is 9.54. The fraction of sp³-hybridized carbons (Fsp3) is 0.0833. The maximum Gasteiger partial charge on any atom is 0.160 e. The van der Waals surface area contributed by atoms with Crippen LogP contribution in [-0.4, -0.2) is 10.8 Å². The zero-order valence-electron chi connectivity index (χ0n) is 7.58. The van der Waals surface area contributed by atoms with Gasteiger partial charge >= 0.3 is 0 Å². The molecule has 0 saturated carbocycles. The van der Waals surface area contributed by atoms with Crippen LogP contribution in [0.5, 0.6) is 0 Å². The molecule has 2 aromatic rings. The number of rotatable bonds is 0. The Morgan fingerprint density at radius 3 is 2.93 bits per heavy atom. The smallest absolute Gasteiger partial charge is 0.160 e. The molecule has 0 unspecified atom stereocenters. The topological polar surface area (TPSA) is 32.9 Å². The second kappa shape index (κ2) is 2.58. The number of allylic oxidation sites excluding steroid dienone is 1. The molecule has 1 heterocycles. The molecule has 0 amide bonds. The number of H-pyrrole nitrogens is 1. The third-order valence-corrected chi connectivity index (χ3v) is 2.63. The Bertz CT molecular complexity index is 548. The van der Waals surface area contributed by atoms with Gasteiger partial charge in [0, 0.05) is 23.0 Å². The first kappa shape index (κ1) is 7.56. The number of carbonyl (C=O) groups is 1. The SMILES string of the molecule is O=C1C=Cc2[nH]c3ccccc3c2C1. The number of benzene rings is 1. The van der Waals surface area contributed by atoms with Crippen molar-refractivity contribution >= 4 is 22.8 Å². The maximum absolute atomic E-state index is 11.3. The number of para-hydroxylation sites is 1. The van der Waals surface area contributed by atoms with Gasteiger partial charge in [0.25, 0.3) is 0 Å². The predicted molar refractivity (Wildman–Crippen MR) is 56.0 cm³/mol. The molecule has 0 spiro atoms. The van der Waals surface area contributed by atoms with Crippen LogP contribution in [0.4, 0.5) is 0 Å². The fourth-order valence-corrected chi connectivity index (χ4v) is 1.96. The highest BCUT2D eigenvalue weighted by Crippen LogP contribution is 2.26. The minimum Gasteiger partial charge on any atom is -0.355 e. The molecule has 14 heavy (non-hydrogen) atoms. The third-order valence-electron chi connectivity index (χ3n) is 2.63. The van der Waals surface area contributed by atoms with Crippen molar-refractivity contribution in [3.05, 3.63) is 41.6 Å². The van der Waals surface area contributed by atoms with Crippen molar-refractivity contribution in [1.82, 2.24) is 4.98 Å². The number of hydrogen-bond acceptors (Lipinski definition) is 1. The van der Waals surface area contributed by atoms with Gasteiger partial charge in [0.2, 0.25) is 0 Å². The molecule has 1 aromatic heterocycles. The average molecular weight is 183 g/mol. The van der Waals surface area contributed by atoms with Gasteiger partial charge in [0.1, 0.15) is 0 Å². The molecule has 3 rings (SSSR count). The first-order chi connectivity index (χ1) is 6.84. The molecule has 2 heteroatoms. The zero-order valence-corrected chi connectivity index (χ0v) is 7.58. The summed E-state index contributed by atoms with van der Waals surface area (Å²) < 4.78 is 0. The summed E-state index contributed by atoms with van der Waals surface area (Å²) in [5.74, 6) is 0.183. The highest BCUT2D eigenvalue weighted by Gasteiger charge is 2.15. The normalized spacial score (nSPS) is 14.7. The van der Waals surface area contributed by atoms with E-state index >= 15 is 0 Å². The van der Waals surface area contributed by atoms with Crippen molar-refractivity contribution in [3.63, 3.8) is 0 Å². The molecule has 1 N–H and O–H groups in total. The summed E-state index contributed by atoms with van der Waals surface area (Å²) in [5.41, 5.74) is 3.32. The monoisotopic (exact) mass is 183 g/mol. The fourth-order valence-electron chi connectivity index (χ4n) is 1.96. The van der Waals surface area contributed by atoms with Gasteiger partial charge in [-0.1, -0.05) is 18.2 Å². The van der Waals surface area contributed by atoms with E-state index in [0.29, 0.717) is 6.42 Å². The molecule has 0 bridgehead atoms. The predicted octanol–water partition coefficient (Wildman–Crippen LogP) is 2.31. The molecule has 0 saturated heterocycles. The Hall–Kier alpha value is -1.83. The Morgan fingerprint density at radius 2 is 2.00 bits per heavy atom. The second-order valence-electron chi connectivity index (χ2n) is 3.54. The van der Waals surface area contributed by atoms with Gasteiger partial charge in [-0.15, -0.1) is 0 Å². The Morgan fingerprint density at radius 1 is 1.14 bits per heavy atom. The quantitative estimate of drug-likeness (QED) is 0.668. The van der Waals surface area contributed by atoms with Crippen LogP contribution in [-0.2, 0) is 11.2 Å². The van der Waals surface area contributed by atoms with Gasteiger partial charge in [0.05, 0.1) is 0 Å². The lowest BCUT2D eigenvalue weighted by atomic mass is 10.0. The highest BCUT2D eigenvalue weighted by atomic mass is 16.1. The van der Waals surface area contributed by atoms with Gasteiger partial charge in [-0.3, -0.25) is 4.79 Å². The van der Waals surface area contributed by atoms with Gasteiger partial charge in [-0.05, 0) is 23.8 Å². The molecule has 1 aliphatic carbocycles. The van der Waals surface area contributed by atoms with Crippen molar-refractivity contribution < 1.29 is 4.79 Å². The summed E-state index contributed by atoms with van der Waals surface area (Å²) in [5, 5.41) is 1.17. The van der Waals surface area contributed by atoms with Crippen molar-refractivity contribution in [2.45, 2.75) is 6.42 Å². The number of nitrogens with one attached hydrogen (secondary N) is 1. The summed E-state index contributed by atoms with van der Waals surface area (Å²) in [7, 11) is 0. The molecule has 0 aliphatic heterocycles. The van der Waals surface area contributed by atoms with Crippen molar-refractivity contribution in [2.75, 3.05) is 0 Å². The number of aromatic nitrogens is 1. The summed E-state index contributed by atoms with van der Waals surface area (Å²) in [6.07, 6.45) is 4.02. The van der Waals surface area contributed by atoms with Crippen molar-refractivity contribution in [3.8, 4) is 0 Å². The van der Waals surface area contributed by atoms with Crippen molar-refractivity contribution in [2.24, 2.45) is 0 Å². The van der Waals surface area contributed by atoms with E-state index in [1.807, 2.05) is 24.3 Å². The summed E-state index contributed by atoms with van der Waals surface area (Å²) in [6, 6.07) is 8.08. The molecule has 2 nitrogen and oxygen atoms in total. The van der Waals surface area contributed by atoms with Gasteiger partial charge in [0.15, 0.2) is 5.78 Å². The van der Waals surface area contributed by atoms with Crippen LogP contribution in [0.2, 0.25) is 0 Å². The van der Waals surface area contributed by atoms with Crippen LogP contribution in [0.3, 0.4) is 0 Å². The van der Waals surface area contributed by atoms with Crippen LogP contribution in [0.15, 0.2) is 30.3 Å². The lowest BCUT2D eigenvalue weighted by Crippen LogP contribution is -2.03. The Labute approximate surface area is 81.2 Å². The highest BCUT2D eigenvalue weighted by molar-refractivity contribution is 6.02. The number of aromatic amines is 1. The van der Waals surface area contributed by atoms with E-state index in [2.05, 4.69) is 11.1 Å². The summed E-state index contributed by atoms with van der Waals surface area (Å²) >= 11 is 0. The van der Waals surface area contributed by atoms with Gasteiger partial charge < -0.3 is 4.98 Å². The Kier molecular flexibility index (Phi) is 1.39. The molecule has 0 fully saturated rings. The molecule has 1 aromatic carbocycles. The van der Waals surface area contributed by atoms with Crippen LogP contribution in [0.25, 0.3) is 17.0 Å². The van der Waals surface area contributed by atoms with Gasteiger partial charge in [-0.25, -0.2) is 0 Å². The van der Waals surface area contributed by atoms with Crippen molar-refractivity contribution in [1.29, 1.82) is 0 Å². The van der Waals surface area contributed by atoms with Crippen LogP contribution >= 0.6 is 0 Å². The van der Waals surface area contributed by atoms with E-state index in [1.54, 1.807) is 6.08 Å². The largest absolute Gasteiger partial charge is 0.355 e. The lowest BCUT2D eigenvalue weighted by Gasteiger charge is -2.03. The molecular formula is C12H9NO. The van der Waals surface area contributed by atoms with Crippen LogP contribution < -0.4 is 0 Å². The second-order valence-corrected chi connectivity index (χ2v) is 3.54. The number of carbonyl (C=O) groups excluding carboxylic acids is 1. The number of hydrogen-bond donors (Lipinski definition) is 1. The molecule has 1 aliphatic rings. The Balaban J connectivity index is 2.37. The number of ketones is 1. The summed E-state index contributed by atoms with van der Waals surface area (Å²) in [4.78, 5) is 14.6. The summed E-state index contributed by atoms with van der Waals surface area (Å²) in [6.45, 7) is 0. The van der Waals surface area contributed by atoms with E-state index < -0.39 is 0 Å². The van der Waals surface area contributed by atoms with E-state index in [-0.39, 0.29) is 5.78 Å². The molecular weight excluding hydrogens is 174 g/mol. The lowest BCUT2D eigenvalue weighted by molar-refractivity contribution is -0.114. The average Bonchev–Trinajstić information content (AvgIpc) is 2.56. The van der Waals surface area contributed by atoms with Crippen LogP contribution in [0.1, 0.15) is 11.3 Å². The van der Waals surface area contributed by atoms with E-state index in [1.165, 1.54) is 5.39 Å². The molecule has 68 valence electrons. The van der Waals surface area contributed by atoms with E-state index in [9.17, 15) is 4.79 Å². The first-order valence-electron chi connectivity index (χ1n) is 4.65. The molecule has 0 radical (unpaired) electrons. The minimum absolute atomic E-state index is 0.183. The van der Waals surface area contributed by atoms with E-state index in [4.69, 9.17) is 0 Å². The maximum atomic E-state index is 11.3. The molecule has 0 atom stereocenters. The van der Waals surface area contributed by atoms with Gasteiger partial charge in [-0.2, -0.15) is 0 Å². The van der Waals surface area contributed by atoms with E-state index in [0.717, 1.165) is 16.8 Å². The number of fused-ring (bicyclic) bond motifs is 3. The first-order valence-corrected chi connectivity index (χ1v) is 4.65. The standard InChI is InChI=1S/C12H9NO/c14-8-5-6-12-10(7-8)9-3-1-2-4-11(9)13-12/h1-6,13H,7H2. The minimum atomic E-state index is 0.183. The van der Waals surface area contributed by atoms with Crippen LogP contribution in [0, 0.1) is 0 Å². The third kappa shape index (κ3) is 0.940.